The van der Waals surface area contributed by atoms with Gasteiger partial charge in [-0.05, 0) is 101 Å². The maximum Gasteiger partial charge on any atom is 0.261 e. The fourth-order valence-electron chi connectivity index (χ4n) is 6.47. The number of hydrogen-bond acceptors (Lipinski definition) is 7. The summed E-state index contributed by atoms with van der Waals surface area (Å²) in [6.45, 7) is 8.32. The maximum absolute atomic E-state index is 14.3. The average Bonchev–Trinajstić information content (AvgIpc) is 3.03. The Balaban J connectivity index is 1.62. The molecule has 11 heteroatoms. The standard InChI is InChI=1S/C35H52FN3O6S/c1-25-21-39(26(2)24-40)35(41)32-20-30(37-46(42,43)31-16-13-29(36)14-17-31)15-18-33(32)45-27(3)10-8-9-19-44-34(25)23-38(4)22-28-11-6-5-7-12-28/h13-18,20,25-28,34,37,40H,5-12,19,21-24H2,1-4H3/t25-,26+,27-,34+/m0/s1. The summed E-state index contributed by atoms with van der Waals surface area (Å²) in [4.78, 5) is 18.2. The number of aliphatic hydroxyl groups excluding tert-OH is 1. The molecule has 4 atom stereocenters. The lowest BCUT2D eigenvalue weighted by molar-refractivity contribution is -0.0190. The van der Waals surface area contributed by atoms with Gasteiger partial charge < -0.3 is 24.4 Å². The van der Waals surface area contributed by atoms with Crippen LogP contribution < -0.4 is 9.46 Å². The zero-order valence-corrected chi connectivity index (χ0v) is 28.6. The SMILES string of the molecule is C[C@H](CO)N1C[C@H](C)[C@@H](CN(C)CC2CCCCC2)OCCCC[C@H](C)Oc2ccc(NS(=O)(=O)c3ccc(F)cc3)cc2C1=O. The van der Waals surface area contributed by atoms with E-state index in [0.29, 0.717) is 24.8 Å². The Morgan fingerprint density at radius 2 is 1.72 bits per heavy atom. The molecule has 0 unspecified atom stereocenters. The number of benzene rings is 2. The Labute approximate surface area is 274 Å². The van der Waals surface area contributed by atoms with Crippen molar-refractivity contribution in [1.82, 2.24) is 9.80 Å². The molecule has 46 heavy (non-hydrogen) atoms. The fourth-order valence-corrected chi connectivity index (χ4v) is 7.52. The normalized spacial score (nSPS) is 23.3. The van der Waals surface area contributed by atoms with Crippen molar-refractivity contribution in [3.05, 3.63) is 53.8 Å². The lowest BCUT2D eigenvalue weighted by atomic mass is 9.89. The Hall–Kier alpha value is -2.73. The molecule has 256 valence electrons. The number of rotatable bonds is 9. The van der Waals surface area contributed by atoms with Crippen LogP contribution in [0.2, 0.25) is 0 Å². The summed E-state index contributed by atoms with van der Waals surface area (Å²) < 4.78 is 54.9. The number of nitrogens with one attached hydrogen (secondary N) is 1. The van der Waals surface area contributed by atoms with Gasteiger partial charge in [0.1, 0.15) is 11.6 Å². The van der Waals surface area contributed by atoms with E-state index in [4.69, 9.17) is 9.47 Å². The number of carbonyl (C=O) groups is 1. The smallest absolute Gasteiger partial charge is 0.261 e. The van der Waals surface area contributed by atoms with E-state index in [1.54, 1.807) is 24.0 Å². The van der Waals surface area contributed by atoms with Crippen LogP contribution in [-0.4, -0.2) is 87.4 Å². The van der Waals surface area contributed by atoms with Crippen molar-refractivity contribution in [3.8, 4) is 5.75 Å². The van der Waals surface area contributed by atoms with Gasteiger partial charge in [-0.2, -0.15) is 0 Å². The van der Waals surface area contributed by atoms with Gasteiger partial charge in [-0.1, -0.05) is 26.2 Å². The summed E-state index contributed by atoms with van der Waals surface area (Å²) in [5.41, 5.74) is 0.367. The van der Waals surface area contributed by atoms with Gasteiger partial charge in [-0.3, -0.25) is 9.52 Å². The van der Waals surface area contributed by atoms with Crippen LogP contribution in [0.25, 0.3) is 0 Å². The van der Waals surface area contributed by atoms with Crippen LogP contribution in [-0.2, 0) is 14.8 Å². The highest BCUT2D eigenvalue weighted by atomic mass is 32.2. The van der Waals surface area contributed by atoms with Gasteiger partial charge in [-0.25, -0.2) is 12.8 Å². The molecule has 0 saturated heterocycles. The first-order chi connectivity index (χ1) is 22.0. The van der Waals surface area contributed by atoms with Crippen LogP contribution >= 0.6 is 0 Å². The van der Waals surface area contributed by atoms with Crippen LogP contribution in [0.15, 0.2) is 47.4 Å². The van der Waals surface area contributed by atoms with Gasteiger partial charge in [0.25, 0.3) is 15.9 Å². The molecule has 0 bridgehead atoms. The highest BCUT2D eigenvalue weighted by molar-refractivity contribution is 7.92. The van der Waals surface area contributed by atoms with E-state index in [1.165, 1.54) is 50.3 Å². The Morgan fingerprint density at radius 3 is 2.41 bits per heavy atom. The quantitative estimate of drug-likeness (QED) is 0.343. The number of sulfonamides is 1. The summed E-state index contributed by atoms with van der Waals surface area (Å²) in [7, 11) is -1.90. The van der Waals surface area contributed by atoms with Gasteiger partial charge in [0, 0.05) is 37.8 Å². The zero-order chi connectivity index (χ0) is 33.3. The second-order valence-corrected chi connectivity index (χ2v) is 15.0. The molecule has 1 amide bonds. The molecule has 4 rings (SSSR count). The third-order valence-corrected chi connectivity index (χ3v) is 10.6. The minimum atomic E-state index is -4.05. The number of nitrogens with zero attached hydrogens (tertiary/aromatic N) is 2. The minimum Gasteiger partial charge on any atom is -0.490 e. The van der Waals surface area contributed by atoms with E-state index < -0.39 is 21.9 Å². The van der Waals surface area contributed by atoms with E-state index in [9.17, 15) is 22.7 Å². The predicted molar refractivity (Wildman–Crippen MR) is 178 cm³/mol. The molecule has 1 heterocycles. The first kappa shape index (κ1) is 36.1. The van der Waals surface area contributed by atoms with Crippen molar-refractivity contribution in [2.24, 2.45) is 11.8 Å². The number of ether oxygens (including phenoxy) is 2. The first-order valence-electron chi connectivity index (χ1n) is 16.8. The van der Waals surface area contributed by atoms with Crippen LogP contribution in [0, 0.1) is 17.7 Å². The Morgan fingerprint density at radius 1 is 1.02 bits per heavy atom. The average molecular weight is 662 g/mol. The van der Waals surface area contributed by atoms with Crippen molar-refractivity contribution in [3.63, 3.8) is 0 Å². The van der Waals surface area contributed by atoms with Gasteiger partial charge in [-0.15, -0.1) is 0 Å². The Bertz CT molecular complexity index is 1370. The highest BCUT2D eigenvalue weighted by Crippen LogP contribution is 2.30. The predicted octanol–water partition coefficient (Wildman–Crippen LogP) is 5.93. The number of aliphatic hydroxyl groups is 1. The van der Waals surface area contributed by atoms with E-state index >= 15 is 0 Å². The van der Waals surface area contributed by atoms with Crippen molar-refractivity contribution < 1.29 is 32.2 Å². The van der Waals surface area contributed by atoms with Gasteiger partial charge >= 0.3 is 0 Å². The molecule has 0 aromatic heterocycles. The number of fused-ring (bicyclic) bond motifs is 1. The lowest BCUT2D eigenvalue weighted by Gasteiger charge is -2.36. The number of anilines is 1. The van der Waals surface area contributed by atoms with E-state index in [1.807, 2.05) is 6.92 Å². The lowest BCUT2D eigenvalue weighted by Crippen LogP contribution is -2.47. The first-order valence-corrected chi connectivity index (χ1v) is 18.3. The summed E-state index contributed by atoms with van der Waals surface area (Å²) in [6, 6.07) is 8.66. The highest BCUT2D eigenvalue weighted by Gasteiger charge is 2.31. The molecule has 0 spiro atoms. The van der Waals surface area contributed by atoms with Crippen LogP contribution in [0.5, 0.6) is 5.75 Å². The molecule has 1 fully saturated rings. The minimum absolute atomic E-state index is 0.0434. The summed E-state index contributed by atoms with van der Waals surface area (Å²) >= 11 is 0. The molecular formula is C35H52FN3O6S. The second kappa shape index (κ2) is 16.9. The van der Waals surface area contributed by atoms with Gasteiger partial charge in [0.2, 0.25) is 0 Å². The maximum atomic E-state index is 14.3. The van der Waals surface area contributed by atoms with Gasteiger partial charge in [0.15, 0.2) is 0 Å². The van der Waals surface area contributed by atoms with E-state index in [-0.39, 0.29) is 46.8 Å². The van der Waals surface area contributed by atoms with Crippen LogP contribution in [0.4, 0.5) is 10.1 Å². The van der Waals surface area contributed by atoms with Gasteiger partial charge in [0.05, 0.1) is 35.3 Å². The molecule has 2 aromatic carbocycles. The molecule has 2 N–H and O–H groups in total. The van der Waals surface area contributed by atoms with E-state index in [0.717, 1.165) is 44.5 Å². The number of likely N-dealkylation sites (N-methyl/N-ethyl adjacent to an activating group) is 1. The second-order valence-electron chi connectivity index (χ2n) is 13.3. The molecule has 1 aliphatic heterocycles. The fraction of sp³-hybridized carbons (Fsp3) is 0.629. The number of carbonyl (C=O) groups excluding carboxylic acids is 1. The molecule has 0 radical (unpaired) electrons. The van der Waals surface area contributed by atoms with Crippen molar-refractivity contribution >= 4 is 21.6 Å². The van der Waals surface area contributed by atoms with Crippen LogP contribution in [0.3, 0.4) is 0 Å². The number of amides is 1. The monoisotopic (exact) mass is 661 g/mol. The van der Waals surface area contributed by atoms with Crippen molar-refractivity contribution in [1.29, 1.82) is 0 Å². The molecule has 1 saturated carbocycles. The topological polar surface area (TPSA) is 108 Å². The third kappa shape index (κ3) is 10.1. The summed E-state index contributed by atoms with van der Waals surface area (Å²) in [5.74, 6) is 0.0933. The molecule has 9 nitrogen and oxygen atoms in total. The van der Waals surface area contributed by atoms with Crippen molar-refractivity contribution in [2.45, 2.75) is 95.3 Å². The van der Waals surface area contributed by atoms with Crippen molar-refractivity contribution in [2.75, 3.05) is 44.6 Å². The molecule has 1 aliphatic carbocycles. The molecule has 2 aromatic rings. The summed E-state index contributed by atoms with van der Waals surface area (Å²) in [6.07, 6.45) is 8.68. The number of hydrogen-bond donors (Lipinski definition) is 2. The Kier molecular flexibility index (Phi) is 13.3. The molecular weight excluding hydrogens is 609 g/mol. The van der Waals surface area contributed by atoms with E-state index in [2.05, 4.69) is 23.6 Å². The largest absolute Gasteiger partial charge is 0.490 e. The zero-order valence-electron chi connectivity index (χ0n) is 27.8. The number of halogens is 1. The molecule has 2 aliphatic rings. The van der Waals surface area contributed by atoms with Crippen LogP contribution in [0.1, 0.15) is 82.5 Å². The third-order valence-electron chi connectivity index (χ3n) is 9.21. The summed E-state index contributed by atoms with van der Waals surface area (Å²) in [5, 5.41) is 10.2.